The van der Waals surface area contributed by atoms with Crippen molar-refractivity contribution in [2.24, 2.45) is 5.92 Å². The van der Waals surface area contributed by atoms with Crippen molar-refractivity contribution in [2.45, 2.75) is 24.9 Å². The SMILES string of the molecule is CC(C)C(=O)Nc1ccc(C(=O)CSc2cccc(C(F)(F)F)c2)cc1. The van der Waals surface area contributed by atoms with Crippen LogP contribution in [0.15, 0.2) is 53.4 Å². The van der Waals surface area contributed by atoms with Gasteiger partial charge < -0.3 is 5.32 Å². The molecule has 3 nitrogen and oxygen atoms in total. The molecule has 26 heavy (non-hydrogen) atoms. The highest BCUT2D eigenvalue weighted by atomic mass is 32.2. The first-order valence-corrected chi connectivity index (χ1v) is 8.89. The Kier molecular flexibility index (Phi) is 6.47. The van der Waals surface area contributed by atoms with E-state index in [4.69, 9.17) is 0 Å². The molecule has 0 spiro atoms. The quantitative estimate of drug-likeness (QED) is 0.547. The van der Waals surface area contributed by atoms with E-state index in [9.17, 15) is 22.8 Å². The zero-order valence-electron chi connectivity index (χ0n) is 14.3. The average Bonchev–Trinajstić information content (AvgIpc) is 2.59. The fourth-order valence-electron chi connectivity index (χ4n) is 2.02. The number of benzene rings is 2. The molecule has 0 unspecified atom stereocenters. The third kappa shape index (κ3) is 5.62. The highest BCUT2D eigenvalue weighted by Crippen LogP contribution is 2.32. The molecule has 2 aromatic carbocycles. The molecule has 0 saturated heterocycles. The second kappa shape index (κ2) is 8.40. The zero-order chi connectivity index (χ0) is 19.3. The lowest BCUT2D eigenvalue weighted by Crippen LogP contribution is -2.17. The van der Waals surface area contributed by atoms with Crippen molar-refractivity contribution in [3.8, 4) is 0 Å². The number of hydrogen-bond acceptors (Lipinski definition) is 3. The summed E-state index contributed by atoms with van der Waals surface area (Å²) in [6, 6.07) is 11.3. The Morgan fingerprint density at radius 1 is 1.08 bits per heavy atom. The van der Waals surface area contributed by atoms with E-state index >= 15 is 0 Å². The minimum Gasteiger partial charge on any atom is -0.326 e. The van der Waals surface area contributed by atoms with Crippen LogP contribution in [0.25, 0.3) is 0 Å². The molecule has 0 saturated carbocycles. The molecule has 0 bridgehead atoms. The van der Waals surface area contributed by atoms with Gasteiger partial charge in [-0.15, -0.1) is 11.8 Å². The maximum atomic E-state index is 12.7. The standard InChI is InChI=1S/C19H18F3NO2S/c1-12(2)18(25)23-15-8-6-13(7-9-15)17(24)11-26-16-5-3-4-14(10-16)19(20,21)22/h3-10,12H,11H2,1-2H3,(H,23,25). The Balaban J connectivity index is 1.97. The van der Waals surface area contributed by atoms with Gasteiger partial charge in [-0.1, -0.05) is 19.9 Å². The summed E-state index contributed by atoms with van der Waals surface area (Å²) in [5.74, 6) is -0.447. The van der Waals surface area contributed by atoms with E-state index in [-0.39, 0.29) is 23.4 Å². The summed E-state index contributed by atoms with van der Waals surface area (Å²) >= 11 is 1.05. The third-order valence-electron chi connectivity index (χ3n) is 3.53. The summed E-state index contributed by atoms with van der Waals surface area (Å²) in [4.78, 5) is 24.2. The van der Waals surface area contributed by atoms with Crippen LogP contribution in [0.1, 0.15) is 29.8 Å². The fraction of sp³-hybridized carbons (Fsp3) is 0.263. The summed E-state index contributed by atoms with van der Waals surface area (Å²) in [5, 5.41) is 2.72. The first kappa shape index (κ1) is 20.0. The fourth-order valence-corrected chi connectivity index (χ4v) is 2.87. The summed E-state index contributed by atoms with van der Waals surface area (Å²) in [6.07, 6.45) is -4.41. The van der Waals surface area contributed by atoms with Crippen LogP contribution in [0, 0.1) is 5.92 Å². The third-order valence-corrected chi connectivity index (χ3v) is 4.52. The van der Waals surface area contributed by atoms with Crippen LogP contribution >= 0.6 is 11.8 Å². The molecule has 0 radical (unpaired) electrons. The molecule has 0 aliphatic heterocycles. The van der Waals surface area contributed by atoms with Gasteiger partial charge in [-0.25, -0.2) is 0 Å². The van der Waals surface area contributed by atoms with Gasteiger partial charge in [0.25, 0.3) is 0 Å². The molecule has 0 aromatic heterocycles. The Bertz CT molecular complexity index is 786. The second-order valence-corrected chi connectivity index (χ2v) is 7.01. The van der Waals surface area contributed by atoms with Gasteiger partial charge >= 0.3 is 6.18 Å². The zero-order valence-corrected chi connectivity index (χ0v) is 15.1. The van der Waals surface area contributed by atoms with Crippen LogP contribution in [0.5, 0.6) is 0 Å². The van der Waals surface area contributed by atoms with Crippen molar-refractivity contribution < 1.29 is 22.8 Å². The Labute approximate surface area is 154 Å². The van der Waals surface area contributed by atoms with Crippen molar-refractivity contribution in [2.75, 3.05) is 11.1 Å². The number of carbonyl (C=O) groups excluding carboxylic acids is 2. The molecular weight excluding hydrogens is 363 g/mol. The summed E-state index contributed by atoms with van der Waals surface area (Å²) in [5.41, 5.74) is 0.290. The van der Waals surface area contributed by atoms with E-state index < -0.39 is 11.7 Å². The number of amides is 1. The molecule has 7 heteroatoms. The van der Waals surface area contributed by atoms with Crippen molar-refractivity contribution in [1.29, 1.82) is 0 Å². The lowest BCUT2D eigenvalue weighted by atomic mass is 10.1. The van der Waals surface area contributed by atoms with E-state index in [0.717, 1.165) is 23.9 Å². The number of hydrogen-bond donors (Lipinski definition) is 1. The molecule has 0 atom stereocenters. The van der Waals surface area contributed by atoms with Crippen LogP contribution in [-0.2, 0) is 11.0 Å². The molecule has 1 N–H and O–H groups in total. The average molecular weight is 381 g/mol. The Morgan fingerprint density at radius 3 is 2.31 bits per heavy atom. The maximum absolute atomic E-state index is 12.7. The van der Waals surface area contributed by atoms with E-state index in [0.29, 0.717) is 16.1 Å². The van der Waals surface area contributed by atoms with Gasteiger partial charge in [0.2, 0.25) is 5.91 Å². The number of anilines is 1. The van der Waals surface area contributed by atoms with Gasteiger partial charge in [0, 0.05) is 22.1 Å². The number of alkyl halides is 3. The first-order valence-electron chi connectivity index (χ1n) is 7.91. The molecule has 2 rings (SSSR count). The summed E-state index contributed by atoms with van der Waals surface area (Å²) < 4.78 is 38.1. The minimum atomic E-state index is -4.41. The lowest BCUT2D eigenvalue weighted by Gasteiger charge is -2.09. The van der Waals surface area contributed by atoms with Gasteiger partial charge in [-0.3, -0.25) is 9.59 Å². The summed E-state index contributed by atoms with van der Waals surface area (Å²) in [6.45, 7) is 3.55. The van der Waals surface area contributed by atoms with E-state index in [1.54, 1.807) is 38.1 Å². The number of halogens is 3. The van der Waals surface area contributed by atoms with Crippen LogP contribution in [0.2, 0.25) is 0 Å². The minimum absolute atomic E-state index is 0.0268. The molecule has 1 amide bonds. The summed E-state index contributed by atoms with van der Waals surface area (Å²) in [7, 11) is 0. The van der Waals surface area contributed by atoms with Gasteiger partial charge in [-0.2, -0.15) is 13.2 Å². The van der Waals surface area contributed by atoms with Gasteiger partial charge in [-0.05, 0) is 42.5 Å². The first-order chi connectivity index (χ1) is 12.2. The number of nitrogens with one attached hydrogen (secondary N) is 1. The molecule has 0 heterocycles. The predicted octanol–water partition coefficient (Wildman–Crippen LogP) is 5.27. The highest BCUT2D eigenvalue weighted by Gasteiger charge is 2.30. The number of ketones is 1. The van der Waals surface area contributed by atoms with E-state index in [1.165, 1.54) is 12.1 Å². The molecule has 0 aliphatic rings. The van der Waals surface area contributed by atoms with Gasteiger partial charge in [0.05, 0.1) is 11.3 Å². The number of rotatable bonds is 6. The monoisotopic (exact) mass is 381 g/mol. The topological polar surface area (TPSA) is 46.2 Å². The van der Waals surface area contributed by atoms with Crippen molar-refractivity contribution in [3.05, 3.63) is 59.7 Å². The molecule has 0 aliphatic carbocycles. The van der Waals surface area contributed by atoms with Crippen molar-refractivity contribution in [1.82, 2.24) is 0 Å². The molecule has 0 fully saturated rings. The maximum Gasteiger partial charge on any atom is 0.416 e. The molecule has 138 valence electrons. The van der Waals surface area contributed by atoms with Crippen LogP contribution in [-0.4, -0.2) is 17.4 Å². The molecule has 2 aromatic rings. The second-order valence-electron chi connectivity index (χ2n) is 5.96. The van der Waals surface area contributed by atoms with Crippen molar-refractivity contribution in [3.63, 3.8) is 0 Å². The van der Waals surface area contributed by atoms with Crippen LogP contribution < -0.4 is 5.32 Å². The van der Waals surface area contributed by atoms with Crippen LogP contribution in [0.3, 0.4) is 0 Å². The normalized spacial score (nSPS) is 11.5. The smallest absolute Gasteiger partial charge is 0.326 e. The number of Topliss-reactive ketones (excluding diaryl/α,β-unsaturated/α-hetero) is 1. The van der Waals surface area contributed by atoms with Gasteiger partial charge in [0.1, 0.15) is 0 Å². The van der Waals surface area contributed by atoms with E-state index in [2.05, 4.69) is 5.32 Å². The van der Waals surface area contributed by atoms with Crippen molar-refractivity contribution >= 4 is 29.1 Å². The predicted molar refractivity (Wildman–Crippen MR) is 96.4 cm³/mol. The largest absolute Gasteiger partial charge is 0.416 e. The lowest BCUT2D eigenvalue weighted by molar-refractivity contribution is -0.137. The van der Waals surface area contributed by atoms with Crippen LogP contribution in [0.4, 0.5) is 18.9 Å². The van der Waals surface area contributed by atoms with E-state index in [1.807, 2.05) is 0 Å². The number of carbonyl (C=O) groups is 2. The highest BCUT2D eigenvalue weighted by molar-refractivity contribution is 8.00. The Hall–Kier alpha value is -2.28. The van der Waals surface area contributed by atoms with Gasteiger partial charge in [0.15, 0.2) is 5.78 Å². The Morgan fingerprint density at radius 2 is 1.73 bits per heavy atom. The molecular formula is C19H18F3NO2S. The number of thioether (sulfide) groups is 1.